The molecule has 1 aliphatic rings. The number of fused-ring (bicyclic) bond motifs is 1. The van der Waals surface area contributed by atoms with Gasteiger partial charge in [-0.2, -0.15) is 5.10 Å². The van der Waals surface area contributed by atoms with Crippen molar-refractivity contribution in [1.29, 1.82) is 0 Å². The summed E-state index contributed by atoms with van der Waals surface area (Å²) < 4.78 is 2.22. The largest absolute Gasteiger partial charge is 0.258 e. The van der Waals surface area contributed by atoms with Crippen LogP contribution in [0.1, 0.15) is 64.9 Å². The van der Waals surface area contributed by atoms with Gasteiger partial charge in [-0.1, -0.05) is 41.5 Å². The van der Waals surface area contributed by atoms with Crippen LogP contribution in [-0.4, -0.2) is 9.78 Å². The molecular formula is C14H24N2S. The fraction of sp³-hybridized carbons (Fsp3) is 0.786. The van der Waals surface area contributed by atoms with Gasteiger partial charge in [0.05, 0.1) is 17.3 Å². The molecule has 2 nitrogen and oxygen atoms in total. The van der Waals surface area contributed by atoms with Gasteiger partial charge in [0.15, 0.2) is 0 Å². The summed E-state index contributed by atoms with van der Waals surface area (Å²) in [4.78, 5) is 0. The van der Waals surface area contributed by atoms with Crippen LogP contribution in [0.5, 0.6) is 0 Å². The minimum absolute atomic E-state index is 0.185. The monoisotopic (exact) mass is 252 g/mol. The molecule has 0 saturated carbocycles. The Labute approximate surface area is 109 Å². The zero-order chi connectivity index (χ0) is 12.8. The predicted octanol–water partition coefficient (Wildman–Crippen LogP) is 4.07. The minimum atomic E-state index is 0.185. The second kappa shape index (κ2) is 4.04. The third-order valence-corrected chi connectivity index (χ3v) is 4.69. The lowest BCUT2D eigenvalue weighted by Gasteiger charge is -2.28. The van der Waals surface area contributed by atoms with Gasteiger partial charge < -0.3 is 0 Å². The van der Waals surface area contributed by atoms with Crippen molar-refractivity contribution >= 4 is 11.8 Å². The highest BCUT2D eigenvalue weighted by atomic mass is 32.2. The van der Waals surface area contributed by atoms with E-state index < -0.39 is 0 Å². The topological polar surface area (TPSA) is 17.8 Å². The smallest absolute Gasteiger partial charge is 0.0870 e. The molecular weight excluding hydrogens is 228 g/mol. The summed E-state index contributed by atoms with van der Waals surface area (Å²) in [6.07, 6.45) is 1.14. The molecule has 96 valence electrons. The summed E-state index contributed by atoms with van der Waals surface area (Å²) in [5, 5.41) is 4.90. The van der Waals surface area contributed by atoms with Crippen molar-refractivity contribution in [2.75, 3.05) is 0 Å². The summed E-state index contributed by atoms with van der Waals surface area (Å²) in [7, 11) is 0. The lowest BCUT2D eigenvalue weighted by molar-refractivity contribution is 0.462. The zero-order valence-corrected chi connectivity index (χ0v) is 12.7. The lowest BCUT2D eigenvalue weighted by Crippen LogP contribution is -2.24. The van der Waals surface area contributed by atoms with E-state index in [1.807, 2.05) is 11.8 Å². The first-order valence-electron chi connectivity index (χ1n) is 6.46. The molecule has 0 N–H and O–H groups in total. The van der Waals surface area contributed by atoms with Gasteiger partial charge in [0.2, 0.25) is 0 Å². The lowest BCUT2D eigenvalue weighted by atomic mass is 9.76. The van der Waals surface area contributed by atoms with Crippen molar-refractivity contribution in [3.63, 3.8) is 0 Å². The van der Waals surface area contributed by atoms with Crippen molar-refractivity contribution in [2.24, 2.45) is 0 Å². The van der Waals surface area contributed by atoms with E-state index in [2.05, 4.69) is 46.2 Å². The molecule has 0 fully saturated rings. The Hall–Kier alpha value is -0.440. The third kappa shape index (κ3) is 2.14. The van der Waals surface area contributed by atoms with E-state index in [-0.39, 0.29) is 10.8 Å². The first kappa shape index (κ1) is 13.0. The van der Waals surface area contributed by atoms with Crippen LogP contribution in [0.4, 0.5) is 0 Å². The van der Waals surface area contributed by atoms with Crippen molar-refractivity contribution in [1.82, 2.24) is 9.78 Å². The molecule has 0 aromatic carbocycles. The first-order chi connectivity index (χ1) is 7.77. The van der Waals surface area contributed by atoms with Crippen LogP contribution in [0.15, 0.2) is 0 Å². The van der Waals surface area contributed by atoms with E-state index in [1.54, 1.807) is 0 Å². The van der Waals surface area contributed by atoms with E-state index in [1.165, 1.54) is 17.0 Å². The fourth-order valence-electron chi connectivity index (χ4n) is 2.41. The standard InChI is InChI=1S/C14H24N2S/c1-7-14(5,6)12-11(13(2,3)4)10-8-17-9-16(10)15-12/h7-9H2,1-6H3. The summed E-state index contributed by atoms with van der Waals surface area (Å²) in [6, 6.07) is 0. The summed E-state index contributed by atoms with van der Waals surface area (Å²) in [5.41, 5.74) is 4.65. The highest BCUT2D eigenvalue weighted by Gasteiger charge is 2.35. The Morgan fingerprint density at radius 3 is 2.41 bits per heavy atom. The summed E-state index contributed by atoms with van der Waals surface area (Å²) in [5.74, 6) is 2.15. The molecule has 2 rings (SSSR count). The maximum atomic E-state index is 4.90. The van der Waals surface area contributed by atoms with Gasteiger partial charge in [0.25, 0.3) is 0 Å². The second-order valence-corrected chi connectivity index (χ2v) is 7.59. The molecule has 17 heavy (non-hydrogen) atoms. The van der Waals surface area contributed by atoms with Crippen LogP contribution >= 0.6 is 11.8 Å². The van der Waals surface area contributed by atoms with Crippen LogP contribution < -0.4 is 0 Å². The van der Waals surface area contributed by atoms with Crippen molar-refractivity contribution in [2.45, 2.75) is 70.4 Å². The molecule has 0 aliphatic carbocycles. The molecule has 0 atom stereocenters. The normalized spacial score (nSPS) is 16.4. The molecule has 3 heteroatoms. The Morgan fingerprint density at radius 1 is 1.24 bits per heavy atom. The Balaban J connectivity index is 2.61. The SMILES string of the molecule is CCC(C)(C)c1nn2c(c1C(C)(C)C)CSC2. The van der Waals surface area contributed by atoms with E-state index >= 15 is 0 Å². The first-order valence-corrected chi connectivity index (χ1v) is 7.61. The molecule has 0 amide bonds. The zero-order valence-electron chi connectivity index (χ0n) is 11.9. The van der Waals surface area contributed by atoms with Gasteiger partial charge in [-0.05, 0) is 11.8 Å². The van der Waals surface area contributed by atoms with Crippen LogP contribution in [0.2, 0.25) is 0 Å². The van der Waals surface area contributed by atoms with Gasteiger partial charge in [-0.15, -0.1) is 11.8 Å². The van der Waals surface area contributed by atoms with E-state index in [4.69, 9.17) is 5.10 Å². The molecule has 0 saturated heterocycles. The Kier molecular flexibility index (Phi) is 3.09. The third-order valence-electron chi connectivity index (χ3n) is 3.78. The van der Waals surface area contributed by atoms with Gasteiger partial charge in [-0.25, -0.2) is 0 Å². The minimum Gasteiger partial charge on any atom is -0.258 e. The van der Waals surface area contributed by atoms with Crippen LogP contribution in [0.25, 0.3) is 0 Å². The van der Waals surface area contributed by atoms with Crippen LogP contribution in [-0.2, 0) is 22.5 Å². The van der Waals surface area contributed by atoms with E-state index in [0.717, 1.165) is 18.1 Å². The van der Waals surface area contributed by atoms with Gasteiger partial charge in [-0.3, -0.25) is 4.68 Å². The number of thioether (sulfide) groups is 1. The molecule has 0 spiro atoms. The molecule has 0 bridgehead atoms. The van der Waals surface area contributed by atoms with Gasteiger partial charge >= 0.3 is 0 Å². The number of rotatable bonds is 2. The molecule has 2 heterocycles. The maximum absolute atomic E-state index is 4.90. The Bertz CT molecular complexity index is 424. The average Bonchev–Trinajstić information content (AvgIpc) is 2.73. The Morgan fingerprint density at radius 2 is 1.88 bits per heavy atom. The molecule has 1 aromatic rings. The van der Waals surface area contributed by atoms with Gasteiger partial charge in [0, 0.05) is 16.7 Å². The van der Waals surface area contributed by atoms with Gasteiger partial charge in [0.1, 0.15) is 0 Å². The molecule has 1 aliphatic heterocycles. The number of aromatic nitrogens is 2. The van der Waals surface area contributed by atoms with Crippen LogP contribution in [0.3, 0.4) is 0 Å². The summed E-state index contributed by atoms with van der Waals surface area (Å²) in [6.45, 7) is 13.8. The van der Waals surface area contributed by atoms with E-state index in [9.17, 15) is 0 Å². The number of nitrogens with zero attached hydrogens (tertiary/aromatic N) is 2. The van der Waals surface area contributed by atoms with Crippen molar-refractivity contribution in [3.05, 3.63) is 17.0 Å². The highest BCUT2D eigenvalue weighted by Crippen LogP contribution is 2.41. The quantitative estimate of drug-likeness (QED) is 0.789. The number of hydrogen-bond acceptors (Lipinski definition) is 2. The van der Waals surface area contributed by atoms with Crippen LogP contribution in [0, 0.1) is 0 Å². The van der Waals surface area contributed by atoms with E-state index in [0.29, 0.717) is 0 Å². The molecule has 0 radical (unpaired) electrons. The van der Waals surface area contributed by atoms with Crippen molar-refractivity contribution in [3.8, 4) is 0 Å². The highest BCUT2D eigenvalue weighted by molar-refractivity contribution is 7.97. The number of hydrogen-bond donors (Lipinski definition) is 0. The molecule has 0 unspecified atom stereocenters. The second-order valence-electron chi connectivity index (χ2n) is 6.63. The molecule has 1 aromatic heterocycles. The summed E-state index contributed by atoms with van der Waals surface area (Å²) >= 11 is 1.97. The fourth-order valence-corrected chi connectivity index (χ4v) is 3.37. The average molecular weight is 252 g/mol. The maximum Gasteiger partial charge on any atom is 0.0870 e. The predicted molar refractivity (Wildman–Crippen MR) is 75.5 cm³/mol. The van der Waals surface area contributed by atoms with Crippen molar-refractivity contribution < 1.29 is 0 Å².